The van der Waals surface area contributed by atoms with Gasteiger partial charge in [-0.3, -0.25) is 0 Å². The average molecular weight is 186 g/mol. The summed E-state index contributed by atoms with van der Waals surface area (Å²) >= 11 is 0. The van der Waals surface area contributed by atoms with Gasteiger partial charge in [0.05, 0.1) is 6.61 Å². The molecule has 1 unspecified atom stereocenters. The molecular formula is C13H14O. The van der Waals surface area contributed by atoms with Crippen molar-refractivity contribution < 1.29 is 4.74 Å². The third kappa shape index (κ3) is 3.06. The fourth-order valence-electron chi connectivity index (χ4n) is 1.16. The van der Waals surface area contributed by atoms with Crippen molar-refractivity contribution in [2.75, 3.05) is 6.61 Å². The molecule has 0 saturated heterocycles. The standard InChI is InChI=1S/C13H14O/c1-3-8-13(14-11-4-2)12-9-6-5-7-10-12/h4-10,13H,1-2,11H2. The Morgan fingerprint density at radius 1 is 1.36 bits per heavy atom. The van der Waals surface area contributed by atoms with Crippen LogP contribution in [0.5, 0.6) is 0 Å². The highest BCUT2D eigenvalue weighted by atomic mass is 16.5. The van der Waals surface area contributed by atoms with E-state index in [2.05, 4.69) is 18.9 Å². The van der Waals surface area contributed by atoms with Crippen LogP contribution in [0.25, 0.3) is 0 Å². The van der Waals surface area contributed by atoms with E-state index in [0.29, 0.717) is 6.61 Å². The Bertz CT molecular complexity index is 320. The molecule has 1 atom stereocenters. The van der Waals surface area contributed by atoms with Crippen LogP contribution in [0.1, 0.15) is 11.7 Å². The Hall–Kier alpha value is -1.56. The van der Waals surface area contributed by atoms with E-state index in [0.717, 1.165) is 5.56 Å². The number of ether oxygens (including phenoxy) is 1. The van der Waals surface area contributed by atoms with Crippen molar-refractivity contribution >= 4 is 0 Å². The Kier molecular flexibility index (Phi) is 4.49. The third-order valence-corrected chi connectivity index (χ3v) is 1.79. The van der Waals surface area contributed by atoms with Crippen molar-refractivity contribution in [2.24, 2.45) is 0 Å². The fourth-order valence-corrected chi connectivity index (χ4v) is 1.16. The third-order valence-electron chi connectivity index (χ3n) is 1.79. The highest BCUT2D eigenvalue weighted by Gasteiger charge is 2.05. The maximum absolute atomic E-state index is 5.54. The molecule has 1 heteroatoms. The van der Waals surface area contributed by atoms with Crippen molar-refractivity contribution in [1.29, 1.82) is 0 Å². The van der Waals surface area contributed by atoms with E-state index >= 15 is 0 Å². The summed E-state index contributed by atoms with van der Waals surface area (Å²) in [4.78, 5) is 0. The molecule has 0 aliphatic carbocycles. The van der Waals surface area contributed by atoms with Crippen LogP contribution in [0.4, 0.5) is 0 Å². The summed E-state index contributed by atoms with van der Waals surface area (Å²) in [5.41, 5.74) is 3.84. The first-order valence-corrected chi connectivity index (χ1v) is 4.52. The normalized spacial score (nSPS) is 11.4. The van der Waals surface area contributed by atoms with Crippen LogP contribution in [0, 0.1) is 0 Å². The molecule has 1 aromatic rings. The Morgan fingerprint density at radius 3 is 2.64 bits per heavy atom. The van der Waals surface area contributed by atoms with Gasteiger partial charge in [-0.05, 0) is 11.6 Å². The van der Waals surface area contributed by atoms with E-state index in [1.54, 1.807) is 12.2 Å². The average Bonchev–Trinajstić information content (AvgIpc) is 2.25. The van der Waals surface area contributed by atoms with Crippen LogP contribution in [-0.4, -0.2) is 6.61 Å². The number of hydrogen-bond acceptors (Lipinski definition) is 1. The second-order valence-electron chi connectivity index (χ2n) is 2.82. The minimum absolute atomic E-state index is 0.0771. The summed E-state index contributed by atoms with van der Waals surface area (Å²) < 4.78 is 5.54. The molecular weight excluding hydrogens is 172 g/mol. The number of benzene rings is 1. The Balaban J connectivity index is 2.77. The molecule has 0 radical (unpaired) electrons. The van der Waals surface area contributed by atoms with Gasteiger partial charge >= 0.3 is 0 Å². The highest BCUT2D eigenvalue weighted by Crippen LogP contribution is 2.17. The molecule has 0 heterocycles. The van der Waals surface area contributed by atoms with Crippen molar-refractivity contribution in [2.45, 2.75) is 6.10 Å². The van der Waals surface area contributed by atoms with Crippen LogP contribution in [0.3, 0.4) is 0 Å². The maximum Gasteiger partial charge on any atom is 0.108 e. The molecule has 0 spiro atoms. The molecule has 0 aromatic heterocycles. The lowest BCUT2D eigenvalue weighted by Crippen LogP contribution is -2.00. The van der Waals surface area contributed by atoms with E-state index in [-0.39, 0.29) is 6.10 Å². The SMILES string of the molecule is C=C=CC(OCC=C)c1ccccc1. The number of rotatable bonds is 5. The second kappa shape index (κ2) is 5.98. The lowest BCUT2D eigenvalue weighted by Gasteiger charge is -2.11. The van der Waals surface area contributed by atoms with E-state index < -0.39 is 0 Å². The molecule has 0 fully saturated rings. The lowest BCUT2D eigenvalue weighted by atomic mass is 10.1. The monoisotopic (exact) mass is 186 g/mol. The Morgan fingerprint density at radius 2 is 2.07 bits per heavy atom. The Labute approximate surface area is 85.0 Å². The van der Waals surface area contributed by atoms with Crippen LogP contribution < -0.4 is 0 Å². The van der Waals surface area contributed by atoms with Crippen LogP contribution >= 0.6 is 0 Å². The molecule has 0 N–H and O–H groups in total. The van der Waals surface area contributed by atoms with Gasteiger partial charge in [0.1, 0.15) is 6.10 Å². The van der Waals surface area contributed by atoms with Crippen molar-refractivity contribution in [3.05, 3.63) is 66.9 Å². The molecule has 0 bridgehead atoms. The summed E-state index contributed by atoms with van der Waals surface area (Å²) in [5.74, 6) is 0. The van der Waals surface area contributed by atoms with Gasteiger partial charge in [-0.2, -0.15) is 0 Å². The van der Waals surface area contributed by atoms with E-state index in [9.17, 15) is 0 Å². The van der Waals surface area contributed by atoms with Crippen molar-refractivity contribution in [3.8, 4) is 0 Å². The van der Waals surface area contributed by atoms with Gasteiger partial charge in [0.25, 0.3) is 0 Å². The van der Waals surface area contributed by atoms with E-state index in [4.69, 9.17) is 4.74 Å². The predicted molar refractivity (Wildman–Crippen MR) is 59.0 cm³/mol. The summed E-state index contributed by atoms with van der Waals surface area (Å²) in [7, 11) is 0. The van der Waals surface area contributed by atoms with Gasteiger partial charge < -0.3 is 4.74 Å². The molecule has 1 aromatic carbocycles. The van der Waals surface area contributed by atoms with Crippen LogP contribution in [0.2, 0.25) is 0 Å². The first kappa shape index (κ1) is 10.5. The highest BCUT2D eigenvalue weighted by molar-refractivity contribution is 5.21. The van der Waals surface area contributed by atoms with E-state index in [1.807, 2.05) is 30.3 Å². The molecule has 14 heavy (non-hydrogen) atoms. The largest absolute Gasteiger partial charge is 0.365 e. The van der Waals surface area contributed by atoms with Gasteiger partial charge in [0.2, 0.25) is 0 Å². The van der Waals surface area contributed by atoms with Gasteiger partial charge in [0.15, 0.2) is 0 Å². The van der Waals surface area contributed by atoms with Gasteiger partial charge in [-0.1, -0.05) is 43.0 Å². The minimum Gasteiger partial charge on any atom is -0.365 e. The first-order chi connectivity index (χ1) is 6.88. The minimum atomic E-state index is -0.0771. The van der Waals surface area contributed by atoms with Gasteiger partial charge in [-0.25, -0.2) is 0 Å². The summed E-state index contributed by atoms with van der Waals surface area (Å²) in [6.07, 6.45) is 3.46. The lowest BCUT2D eigenvalue weighted by molar-refractivity contribution is 0.110. The second-order valence-corrected chi connectivity index (χ2v) is 2.82. The molecule has 1 rings (SSSR count). The summed E-state index contributed by atoms with van der Waals surface area (Å²) in [5, 5.41) is 0. The molecule has 0 amide bonds. The van der Waals surface area contributed by atoms with Crippen LogP contribution in [0.15, 0.2) is 61.4 Å². The van der Waals surface area contributed by atoms with Gasteiger partial charge in [-0.15, -0.1) is 12.3 Å². The number of hydrogen-bond donors (Lipinski definition) is 0. The maximum atomic E-state index is 5.54. The smallest absolute Gasteiger partial charge is 0.108 e. The quantitative estimate of drug-likeness (QED) is 0.506. The molecule has 0 aliphatic heterocycles. The molecule has 0 aliphatic rings. The molecule has 0 saturated carbocycles. The summed E-state index contributed by atoms with van der Waals surface area (Å²) in [6, 6.07) is 9.97. The first-order valence-electron chi connectivity index (χ1n) is 4.52. The predicted octanol–water partition coefficient (Wildman–Crippen LogP) is 3.27. The zero-order valence-electron chi connectivity index (χ0n) is 8.15. The zero-order chi connectivity index (χ0) is 10.2. The van der Waals surface area contributed by atoms with Crippen molar-refractivity contribution in [3.63, 3.8) is 0 Å². The molecule has 1 nitrogen and oxygen atoms in total. The fraction of sp³-hybridized carbons (Fsp3) is 0.154. The summed E-state index contributed by atoms with van der Waals surface area (Å²) in [6.45, 7) is 7.68. The zero-order valence-corrected chi connectivity index (χ0v) is 8.15. The van der Waals surface area contributed by atoms with Crippen LogP contribution in [-0.2, 0) is 4.74 Å². The van der Waals surface area contributed by atoms with Crippen molar-refractivity contribution in [1.82, 2.24) is 0 Å². The van der Waals surface area contributed by atoms with Gasteiger partial charge in [0, 0.05) is 0 Å². The topological polar surface area (TPSA) is 9.23 Å². The molecule has 72 valence electrons. The van der Waals surface area contributed by atoms with E-state index in [1.165, 1.54) is 0 Å².